The van der Waals surface area contributed by atoms with Crippen molar-refractivity contribution in [1.29, 1.82) is 0 Å². The molecule has 168 valence electrons. The SMILES string of the molecule is CCNC(=O)C(CC)N(Cc1ccccc1C)C(=O)COc1cc(OC)cc(OC)c1. The lowest BCUT2D eigenvalue weighted by Gasteiger charge is -2.31. The van der Waals surface area contributed by atoms with Crippen LogP contribution >= 0.6 is 0 Å². The number of nitrogens with zero attached hydrogens (tertiary/aromatic N) is 1. The Bertz CT molecular complexity index is 862. The first-order chi connectivity index (χ1) is 14.9. The van der Waals surface area contributed by atoms with Crippen LogP contribution in [-0.2, 0) is 16.1 Å². The van der Waals surface area contributed by atoms with E-state index < -0.39 is 6.04 Å². The van der Waals surface area contributed by atoms with E-state index in [1.807, 2.05) is 45.0 Å². The van der Waals surface area contributed by atoms with Crippen molar-refractivity contribution in [2.45, 2.75) is 39.8 Å². The van der Waals surface area contributed by atoms with Crippen LogP contribution in [0.25, 0.3) is 0 Å². The fourth-order valence-electron chi connectivity index (χ4n) is 3.28. The average Bonchev–Trinajstić information content (AvgIpc) is 2.78. The van der Waals surface area contributed by atoms with Crippen molar-refractivity contribution >= 4 is 11.8 Å². The van der Waals surface area contributed by atoms with Gasteiger partial charge in [-0.15, -0.1) is 0 Å². The fraction of sp³-hybridized carbons (Fsp3) is 0.417. The smallest absolute Gasteiger partial charge is 0.261 e. The van der Waals surface area contributed by atoms with Crippen LogP contribution in [0.2, 0.25) is 0 Å². The third kappa shape index (κ3) is 6.64. The quantitative estimate of drug-likeness (QED) is 0.594. The van der Waals surface area contributed by atoms with Crippen LogP contribution in [0.1, 0.15) is 31.4 Å². The van der Waals surface area contributed by atoms with Crippen molar-refractivity contribution in [1.82, 2.24) is 10.2 Å². The Balaban J connectivity index is 2.25. The van der Waals surface area contributed by atoms with Gasteiger partial charge in [-0.05, 0) is 31.4 Å². The summed E-state index contributed by atoms with van der Waals surface area (Å²) in [5, 5.41) is 2.83. The van der Waals surface area contributed by atoms with Crippen molar-refractivity contribution in [2.24, 2.45) is 0 Å². The zero-order valence-corrected chi connectivity index (χ0v) is 18.9. The third-order valence-corrected chi connectivity index (χ3v) is 5.03. The molecule has 0 fully saturated rings. The summed E-state index contributed by atoms with van der Waals surface area (Å²) >= 11 is 0. The molecule has 0 heterocycles. The number of methoxy groups -OCH3 is 2. The minimum Gasteiger partial charge on any atom is -0.496 e. The molecule has 0 aliphatic rings. The van der Waals surface area contributed by atoms with Crippen LogP contribution in [0.3, 0.4) is 0 Å². The highest BCUT2D eigenvalue weighted by atomic mass is 16.5. The lowest BCUT2D eigenvalue weighted by atomic mass is 10.1. The maximum Gasteiger partial charge on any atom is 0.261 e. The molecule has 2 aromatic carbocycles. The molecule has 0 bridgehead atoms. The number of nitrogens with one attached hydrogen (secondary N) is 1. The molecule has 0 saturated carbocycles. The first-order valence-corrected chi connectivity index (χ1v) is 10.4. The molecule has 7 nitrogen and oxygen atoms in total. The molecule has 0 aliphatic heterocycles. The first kappa shape index (κ1) is 24.1. The van der Waals surface area contributed by atoms with Crippen molar-refractivity contribution in [2.75, 3.05) is 27.4 Å². The largest absolute Gasteiger partial charge is 0.496 e. The molecule has 0 saturated heterocycles. The zero-order chi connectivity index (χ0) is 22.8. The lowest BCUT2D eigenvalue weighted by molar-refractivity contribution is -0.142. The number of likely N-dealkylation sites (N-methyl/N-ethyl adjacent to an activating group) is 1. The van der Waals surface area contributed by atoms with E-state index in [2.05, 4.69) is 5.32 Å². The van der Waals surface area contributed by atoms with E-state index in [4.69, 9.17) is 14.2 Å². The second-order valence-corrected chi connectivity index (χ2v) is 7.10. The second kappa shape index (κ2) is 11.8. The van der Waals surface area contributed by atoms with Gasteiger partial charge in [0.1, 0.15) is 23.3 Å². The van der Waals surface area contributed by atoms with Gasteiger partial charge in [0.05, 0.1) is 14.2 Å². The number of benzene rings is 2. The maximum atomic E-state index is 13.2. The van der Waals surface area contributed by atoms with E-state index in [0.29, 0.717) is 36.8 Å². The summed E-state index contributed by atoms with van der Waals surface area (Å²) in [7, 11) is 3.09. The van der Waals surface area contributed by atoms with Crippen molar-refractivity contribution < 1.29 is 23.8 Å². The number of carbonyl (C=O) groups is 2. The van der Waals surface area contributed by atoms with E-state index in [9.17, 15) is 9.59 Å². The Morgan fingerprint density at radius 1 is 1.00 bits per heavy atom. The molecule has 31 heavy (non-hydrogen) atoms. The number of carbonyl (C=O) groups excluding carboxylic acids is 2. The Labute approximate surface area is 184 Å². The summed E-state index contributed by atoms with van der Waals surface area (Å²) in [6.07, 6.45) is 0.496. The fourth-order valence-corrected chi connectivity index (χ4v) is 3.28. The Kier molecular flexibility index (Phi) is 9.18. The number of hydrogen-bond acceptors (Lipinski definition) is 5. The van der Waals surface area contributed by atoms with Crippen LogP contribution in [0, 0.1) is 6.92 Å². The number of aryl methyl sites for hydroxylation is 1. The molecular formula is C24H32N2O5. The van der Waals surface area contributed by atoms with Crippen LogP contribution in [0.15, 0.2) is 42.5 Å². The molecule has 2 aromatic rings. The zero-order valence-electron chi connectivity index (χ0n) is 18.9. The third-order valence-electron chi connectivity index (χ3n) is 5.03. The van der Waals surface area contributed by atoms with Gasteiger partial charge in [-0.2, -0.15) is 0 Å². The molecule has 0 spiro atoms. The van der Waals surface area contributed by atoms with Crippen LogP contribution in [0.5, 0.6) is 17.2 Å². The molecule has 0 aliphatic carbocycles. The molecule has 1 unspecified atom stereocenters. The first-order valence-electron chi connectivity index (χ1n) is 10.4. The van der Waals surface area contributed by atoms with Gasteiger partial charge in [0.15, 0.2) is 6.61 Å². The van der Waals surface area contributed by atoms with E-state index in [-0.39, 0.29) is 18.4 Å². The number of hydrogen-bond donors (Lipinski definition) is 1. The molecule has 2 rings (SSSR count). The highest BCUT2D eigenvalue weighted by Gasteiger charge is 2.29. The summed E-state index contributed by atoms with van der Waals surface area (Å²) in [5.74, 6) is 1.13. The average molecular weight is 429 g/mol. The molecule has 7 heteroatoms. The predicted molar refractivity (Wildman–Crippen MR) is 120 cm³/mol. The highest BCUT2D eigenvalue weighted by Crippen LogP contribution is 2.27. The van der Waals surface area contributed by atoms with Gasteiger partial charge in [-0.25, -0.2) is 0 Å². The van der Waals surface area contributed by atoms with E-state index in [1.165, 1.54) is 0 Å². The summed E-state index contributed by atoms with van der Waals surface area (Å²) in [4.78, 5) is 27.5. The van der Waals surface area contributed by atoms with Crippen molar-refractivity contribution in [3.63, 3.8) is 0 Å². The minimum absolute atomic E-state index is 0.171. The van der Waals surface area contributed by atoms with Gasteiger partial charge in [0.25, 0.3) is 5.91 Å². The highest BCUT2D eigenvalue weighted by molar-refractivity contribution is 5.88. The van der Waals surface area contributed by atoms with E-state index >= 15 is 0 Å². The molecular weight excluding hydrogens is 396 g/mol. The van der Waals surface area contributed by atoms with Crippen LogP contribution in [-0.4, -0.2) is 50.1 Å². The summed E-state index contributed by atoms with van der Waals surface area (Å²) in [5.41, 5.74) is 2.05. The molecule has 0 aromatic heterocycles. The van der Waals surface area contributed by atoms with Crippen LogP contribution in [0.4, 0.5) is 0 Å². The Morgan fingerprint density at radius 2 is 1.61 bits per heavy atom. The van der Waals surface area contributed by atoms with Crippen molar-refractivity contribution in [3.05, 3.63) is 53.6 Å². The van der Waals surface area contributed by atoms with Gasteiger partial charge >= 0.3 is 0 Å². The monoisotopic (exact) mass is 428 g/mol. The van der Waals surface area contributed by atoms with Gasteiger partial charge in [0, 0.05) is 31.3 Å². The molecule has 2 amide bonds. The topological polar surface area (TPSA) is 77.1 Å². The predicted octanol–water partition coefficient (Wildman–Crippen LogP) is 3.33. The molecule has 1 N–H and O–H groups in total. The number of ether oxygens (including phenoxy) is 3. The lowest BCUT2D eigenvalue weighted by Crippen LogP contribution is -2.50. The summed E-state index contributed by atoms with van der Waals surface area (Å²) in [6.45, 7) is 6.36. The summed E-state index contributed by atoms with van der Waals surface area (Å²) in [6, 6.07) is 12.3. The van der Waals surface area contributed by atoms with Gasteiger partial charge in [-0.3, -0.25) is 9.59 Å². The normalized spacial score (nSPS) is 11.4. The Hall–Kier alpha value is -3.22. The number of amides is 2. The van der Waals surface area contributed by atoms with Crippen LogP contribution < -0.4 is 19.5 Å². The van der Waals surface area contributed by atoms with Crippen molar-refractivity contribution in [3.8, 4) is 17.2 Å². The van der Waals surface area contributed by atoms with Gasteiger partial charge in [0.2, 0.25) is 5.91 Å². The standard InChI is InChI=1S/C24H32N2O5/c1-6-22(24(28)25-7-2)26(15-18-11-9-8-10-17(18)3)23(27)16-31-21-13-19(29-4)12-20(14-21)30-5/h8-14,22H,6-7,15-16H2,1-5H3,(H,25,28). The van der Waals surface area contributed by atoms with E-state index in [1.54, 1.807) is 37.3 Å². The minimum atomic E-state index is -0.587. The Morgan fingerprint density at radius 3 is 2.16 bits per heavy atom. The maximum absolute atomic E-state index is 13.2. The number of rotatable bonds is 11. The molecule has 0 radical (unpaired) electrons. The van der Waals surface area contributed by atoms with Gasteiger partial charge < -0.3 is 24.4 Å². The van der Waals surface area contributed by atoms with E-state index in [0.717, 1.165) is 11.1 Å². The summed E-state index contributed by atoms with van der Waals surface area (Å²) < 4.78 is 16.3. The van der Waals surface area contributed by atoms with Gasteiger partial charge in [-0.1, -0.05) is 31.2 Å². The second-order valence-electron chi connectivity index (χ2n) is 7.10. The molecule has 1 atom stereocenters.